The number of anilines is 2. The molecule has 2 aromatic rings. The molecule has 0 bridgehead atoms. The molecule has 2 atom stereocenters. The van der Waals surface area contributed by atoms with E-state index >= 15 is 0 Å². The van der Waals surface area contributed by atoms with Gasteiger partial charge in [0.15, 0.2) is 12.1 Å². The summed E-state index contributed by atoms with van der Waals surface area (Å²) in [4.78, 5) is 27.3. The fourth-order valence-electron chi connectivity index (χ4n) is 3.63. The maximum atomic E-state index is 13.2. The van der Waals surface area contributed by atoms with Gasteiger partial charge in [0, 0.05) is 18.2 Å². The third-order valence-corrected chi connectivity index (χ3v) is 4.85. The van der Waals surface area contributed by atoms with Crippen LogP contribution in [0.4, 0.5) is 11.4 Å². The third kappa shape index (κ3) is 2.77. The van der Waals surface area contributed by atoms with Crippen LogP contribution < -0.4 is 19.4 Å². The zero-order valence-electron chi connectivity index (χ0n) is 16.0. The summed E-state index contributed by atoms with van der Waals surface area (Å²) in [6.07, 6.45) is 0. The number of imide groups is 1. The second-order valence-electron chi connectivity index (χ2n) is 6.87. The molecule has 8 heteroatoms. The van der Waals surface area contributed by atoms with Crippen molar-refractivity contribution >= 4 is 23.2 Å². The Labute approximate surface area is 162 Å². The van der Waals surface area contributed by atoms with Crippen molar-refractivity contribution in [1.29, 1.82) is 0 Å². The van der Waals surface area contributed by atoms with Crippen LogP contribution >= 0.6 is 0 Å². The van der Waals surface area contributed by atoms with Gasteiger partial charge in [-0.3, -0.25) is 9.59 Å². The van der Waals surface area contributed by atoms with Crippen molar-refractivity contribution < 1.29 is 19.1 Å². The molecule has 2 aliphatic rings. The van der Waals surface area contributed by atoms with Gasteiger partial charge >= 0.3 is 0 Å². The highest BCUT2D eigenvalue weighted by molar-refractivity contribution is 6.26. The van der Waals surface area contributed by atoms with Gasteiger partial charge in [-0.2, -0.15) is 5.11 Å². The highest BCUT2D eigenvalue weighted by atomic mass is 16.5. The van der Waals surface area contributed by atoms with E-state index in [1.807, 2.05) is 32.0 Å². The van der Waals surface area contributed by atoms with Crippen LogP contribution in [-0.2, 0) is 9.59 Å². The summed E-state index contributed by atoms with van der Waals surface area (Å²) in [5.74, 6) is 0.375. The fraction of sp³-hybridized carbons (Fsp3) is 0.300. The van der Waals surface area contributed by atoms with Crippen LogP contribution in [-0.4, -0.2) is 38.1 Å². The Morgan fingerprint density at radius 3 is 2.00 bits per heavy atom. The van der Waals surface area contributed by atoms with Gasteiger partial charge in [0.2, 0.25) is 0 Å². The largest absolute Gasteiger partial charge is 0.497 e. The summed E-state index contributed by atoms with van der Waals surface area (Å²) in [6.45, 7) is 3.85. The summed E-state index contributed by atoms with van der Waals surface area (Å²) in [5, 5.41) is 9.62. The highest BCUT2D eigenvalue weighted by Crippen LogP contribution is 2.38. The molecule has 28 heavy (non-hydrogen) atoms. The first kappa shape index (κ1) is 18.0. The van der Waals surface area contributed by atoms with E-state index in [0.29, 0.717) is 22.9 Å². The predicted octanol–water partition coefficient (Wildman–Crippen LogP) is 2.82. The van der Waals surface area contributed by atoms with E-state index in [-0.39, 0.29) is 11.8 Å². The maximum Gasteiger partial charge on any atom is 0.263 e. The number of rotatable bonds is 4. The maximum absolute atomic E-state index is 13.2. The molecule has 0 saturated carbocycles. The Bertz CT molecular complexity index is 961. The molecule has 2 amide bonds. The summed E-state index contributed by atoms with van der Waals surface area (Å²) < 4.78 is 10.6. The fourth-order valence-corrected chi connectivity index (χ4v) is 3.63. The lowest BCUT2D eigenvalue weighted by Crippen LogP contribution is -2.40. The third-order valence-electron chi connectivity index (χ3n) is 4.85. The predicted molar refractivity (Wildman–Crippen MR) is 103 cm³/mol. The first-order valence-electron chi connectivity index (χ1n) is 8.82. The van der Waals surface area contributed by atoms with Crippen molar-refractivity contribution in [2.75, 3.05) is 24.1 Å². The van der Waals surface area contributed by atoms with Crippen molar-refractivity contribution in [2.45, 2.75) is 25.9 Å². The molecule has 2 unspecified atom stereocenters. The molecule has 0 radical (unpaired) electrons. The van der Waals surface area contributed by atoms with Crippen molar-refractivity contribution in [3.63, 3.8) is 0 Å². The van der Waals surface area contributed by atoms with Crippen LogP contribution in [0.1, 0.15) is 11.1 Å². The van der Waals surface area contributed by atoms with Crippen LogP contribution in [0.15, 0.2) is 46.7 Å². The number of hydrogen-bond donors (Lipinski definition) is 0. The molecule has 0 N–H and O–H groups in total. The average molecular weight is 380 g/mol. The first-order chi connectivity index (χ1) is 13.4. The minimum Gasteiger partial charge on any atom is -0.497 e. The summed E-state index contributed by atoms with van der Waals surface area (Å²) >= 11 is 0. The number of hydrogen-bond acceptors (Lipinski definition) is 7. The Hall–Kier alpha value is -3.42. The Balaban J connectivity index is 1.72. The molecule has 1 fully saturated rings. The van der Waals surface area contributed by atoms with E-state index < -0.39 is 12.1 Å². The number of amides is 2. The summed E-state index contributed by atoms with van der Waals surface area (Å²) in [5.41, 5.74) is 3.07. The topological polar surface area (TPSA) is 83.8 Å². The van der Waals surface area contributed by atoms with Gasteiger partial charge < -0.3 is 9.47 Å². The van der Waals surface area contributed by atoms with Gasteiger partial charge in [-0.25, -0.2) is 9.91 Å². The lowest BCUT2D eigenvalue weighted by atomic mass is 10.1. The zero-order valence-corrected chi connectivity index (χ0v) is 16.0. The van der Waals surface area contributed by atoms with Crippen molar-refractivity contribution in [3.8, 4) is 11.5 Å². The van der Waals surface area contributed by atoms with Gasteiger partial charge in [0.05, 0.1) is 25.6 Å². The Kier molecular flexibility index (Phi) is 4.26. The molecule has 2 heterocycles. The molecule has 0 aromatic heterocycles. The quantitative estimate of drug-likeness (QED) is 0.762. The van der Waals surface area contributed by atoms with Crippen LogP contribution in [0.5, 0.6) is 11.5 Å². The van der Waals surface area contributed by atoms with Crippen molar-refractivity contribution in [2.24, 2.45) is 10.3 Å². The van der Waals surface area contributed by atoms with Crippen LogP contribution in [0.2, 0.25) is 0 Å². The number of benzene rings is 2. The van der Waals surface area contributed by atoms with Crippen LogP contribution in [0.25, 0.3) is 0 Å². The Morgan fingerprint density at radius 1 is 0.821 bits per heavy atom. The minimum absolute atomic E-state index is 0.355. The van der Waals surface area contributed by atoms with Gasteiger partial charge in [-0.05, 0) is 37.1 Å². The molecule has 8 nitrogen and oxygen atoms in total. The smallest absolute Gasteiger partial charge is 0.263 e. The highest BCUT2D eigenvalue weighted by Gasteiger charge is 2.55. The molecule has 0 aliphatic carbocycles. The SMILES string of the molecule is COc1cc(OC)cc(N2N=NC3C(=O)N(c4cc(C)cc(C)c4)C(=O)C32)c1. The number of ether oxygens (including phenoxy) is 2. The van der Waals surface area contributed by atoms with Gasteiger partial charge in [-0.1, -0.05) is 11.3 Å². The number of methoxy groups -OCH3 is 2. The molecule has 2 aromatic carbocycles. The zero-order chi connectivity index (χ0) is 20.0. The van der Waals surface area contributed by atoms with Crippen molar-refractivity contribution in [1.82, 2.24) is 0 Å². The van der Waals surface area contributed by atoms with E-state index in [4.69, 9.17) is 9.47 Å². The normalized spacial score (nSPS) is 20.7. The number of fused-ring (bicyclic) bond motifs is 1. The van der Waals surface area contributed by atoms with Crippen LogP contribution in [0.3, 0.4) is 0 Å². The van der Waals surface area contributed by atoms with Crippen LogP contribution in [0, 0.1) is 13.8 Å². The molecule has 4 rings (SSSR count). The number of aryl methyl sites for hydroxylation is 2. The first-order valence-corrected chi connectivity index (χ1v) is 8.82. The van der Waals surface area contributed by atoms with E-state index in [1.165, 1.54) is 9.91 Å². The van der Waals surface area contributed by atoms with Gasteiger partial charge in [0.25, 0.3) is 11.8 Å². The van der Waals surface area contributed by atoms with Gasteiger partial charge in [-0.15, -0.1) is 0 Å². The minimum atomic E-state index is -0.870. The molecular weight excluding hydrogens is 360 g/mol. The van der Waals surface area contributed by atoms with E-state index in [1.54, 1.807) is 32.4 Å². The summed E-state index contributed by atoms with van der Waals surface area (Å²) in [6, 6.07) is 9.10. The monoisotopic (exact) mass is 380 g/mol. The molecule has 1 saturated heterocycles. The number of carbonyl (C=O) groups excluding carboxylic acids is 2. The van der Waals surface area contributed by atoms with Crippen molar-refractivity contribution in [3.05, 3.63) is 47.5 Å². The lowest BCUT2D eigenvalue weighted by Gasteiger charge is -2.22. The van der Waals surface area contributed by atoms with E-state index in [9.17, 15) is 9.59 Å². The molecule has 2 aliphatic heterocycles. The number of nitrogens with zero attached hydrogens (tertiary/aromatic N) is 4. The molecular formula is C20H20N4O4. The Morgan fingerprint density at radius 2 is 1.43 bits per heavy atom. The number of carbonyl (C=O) groups is 2. The van der Waals surface area contributed by atoms with E-state index in [0.717, 1.165) is 11.1 Å². The second kappa shape index (κ2) is 6.63. The second-order valence-corrected chi connectivity index (χ2v) is 6.87. The molecule has 0 spiro atoms. The standard InChI is InChI=1S/C20H20N4O4/c1-11-5-12(2)7-13(6-11)23-19(25)17-18(20(23)26)24(22-21-17)14-8-15(27-3)10-16(9-14)28-4/h5-10,17-18H,1-4H3. The summed E-state index contributed by atoms with van der Waals surface area (Å²) in [7, 11) is 3.08. The van der Waals surface area contributed by atoms with Gasteiger partial charge in [0.1, 0.15) is 11.5 Å². The molecule has 144 valence electrons. The average Bonchev–Trinajstić information content (AvgIpc) is 3.21. The lowest BCUT2D eigenvalue weighted by molar-refractivity contribution is -0.121. The van der Waals surface area contributed by atoms with E-state index in [2.05, 4.69) is 10.3 Å².